The Bertz CT molecular complexity index is 776. The summed E-state index contributed by atoms with van der Waals surface area (Å²) in [4.78, 5) is 73.4. The molecular formula is C20H33N5O9. The van der Waals surface area contributed by atoms with Crippen molar-refractivity contribution in [3.63, 3.8) is 0 Å². The monoisotopic (exact) mass is 487 g/mol. The number of aliphatic hydroxyl groups is 1. The summed E-state index contributed by atoms with van der Waals surface area (Å²) >= 11 is 0. The van der Waals surface area contributed by atoms with E-state index in [1.165, 1.54) is 4.90 Å². The summed E-state index contributed by atoms with van der Waals surface area (Å²) in [5.74, 6) is -5.80. The summed E-state index contributed by atoms with van der Waals surface area (Å²) in [6, 6.07) is -5.22. The Morgan fingerprint density at radius 1 is 0.971 bits per heavy atom. The zero-order valence-corrected chi connectivity index (χ0v) is 19.0. The zero-order valence-electron chi connectivity index (χ0n) is 19.0. The summed E-state index contributed by atoms with van der Waals surface area (Å²) in [6.07, 6.45) is 1.02. The molecule has 0 unspecified atom stereocenters. The van der Waals surface area contributed by atoms with E-state index in [4.69, 9.17) is 10.8 Å². The van der Waals surface area contributed by atoms with Gasteiger partial charge in [-0.2, -0.15) is 0 Å². The van der Waals surface area contributed by atoms with E-state index in [0.717, 1.165) is 6.92 Å². The Kier molecular flexibility index (Phi) is 11.9. The minimum absolute atomic E-state index is 0.128. The summed E-state index contributed by atoms with van der Waals surface area (Å²) in [6.45, 7) is 0.846. The van der Waals surface area contributed by atoms with Gasteiger partial charge in [-0.1, -0.05) is 0 Å². The first-order valence-electron chi connectivity index (χ1n) is 11.0. The van der Waals surface area contributed by atoms with E-state index >= 15 is 0 Å². The van der Waals surface area contributed by atoms with Crippen LogP contribution in [0.15, 0.2) is 0 Å². The Morgan fingerprint density at radius 2 is 1.59 bits per heavy atom. The Hall–Kier alpha value is -3.26. The maximum atomic E-state index is 13.1. The van der Waals surface area contributed by atoms with Crippen LogP contribution in [0.3, 0.4) is 0 Å². The molecule has 34 heavy (non-hydrogen) atoms. The number of nitrogens with two attached hydrogens (primary N) is 1. The highest BCUT2D eigenvalue weighted by Gasteiger charge is 2.38. The van der Waals surface area contributed by atoms with Crippen LogP contribution in [0, 0.1) is 0 Å². The lowest BCUT2D eigenvalue weighted by Gasteiger charge is -2.29. The van der Waals surface area contributed by atoms with E-state index in [0.29, 0.717) is 25.8 Å². The van der Waals surface area contributed by atoms with Crippen molar-refractivity contribution in [2.45, 2.75) is 69.6 Å². The molecule has 0 saturated carbocycles. The molecule has 1 heterocycles. The molecule has 0 aromatic heterocycles. The molecule has 0 radical (unpaired) electrons. The van der Waals surface area contributed by atoms with Crippen molar-refractivity contribution >= 4 is 35.6 Å². The summed E-state index contributed by atoms with van der Waals surface area (Å²) < 4.78 is 0. The van der Waals surface area contributed by atoms with Gasteiger partial charge in [0.25, 0.3) is 0 Å². The predicted molar refractivity (Wildman–Crippen MR) is 116 cm³/mol. The highest BCUT2D eigenvalue weighted by Crippen LogP contribution is 2.20. The number of carbonyl (C=O) groups is 6. The fourth-order valence-corrected chi connectivity index (χ4v) is 3.61. The van der Waals surface area contributed by atoms with Crippen molar-refractivity contribution in [1.29, 1.82) is 0 Å². The van der Waals surface area contributed by atoms with Crippen molar-refractivity contribution in [2.24, 2.45) is 5.73 Å². The van der Waals surface area contributed by atoms with Crippen molar-refractivity contribution in [3.05, 3.63) is 0 Å². The molecule has 4 atom stereocenters. The van der Waals surface area contributed by atoms with Gasteiger partial charge in [-0.15, -0.1) is 0 Å². The molecule has 0 bridgehead atoms. The average Bonchev–Trinajstić information content (AvgIpc) is 3.25. The number of carbonyl (C=O) groups excluding carboxylic acids is 4. The molecule has 0 spiro atoms. The summed E-state index contributed by atoms with van der Waals surface area (Å²) in [7, 11) is 0. The van der Waals surface area contributed by atoms with Crippen LogP contribution in [0.4, 0.5) is 0 Å². The molecule has 1 rings (SSSR count). The number of nitrogens with zero attached hydrogens (tertiary/aromatic N) is 1. The number of carboxylic acids is 2. The first-order chi connectivity index (χ1) is 16.0. The molecule has 0 aliphatic carbocycles. The van der Waals surface area contributed by atoms with E-state index < -0.39 is 72.8 Å². The van der Waals surface area contributed by atoms with E-state index in [9.17, 15) is 39.0 Å². The van der Waals surface area contributed by atoms with Crippen LogP contribution in [0.25, 0.3) is 0 Å². The molecule has 1 aliphatic rings. The third-order valence-corrected chi connectivity index (χ3v) is 5.27. The summed E-state index contributed by atoms with van der Waals surface area (Å²) in [5, 5.41) is 34.6. The number of hydrogen-bond donors (Lipinski definition) is 7. The lowest BCUT2D eigenvalue weighted by atomic mass is 10.1. The standard InChI is InChI=1S/C20H33N5O9/c1-11(27)22-14(10-26)18(31)24-13(9-16(28)29)17(30)23-12(5-2-3-7-21)19(32)25-8-4-6-15(25)20(33)34/h12-15,26H,2-10,21H2,1H3,(H,22,27)(H,23,30)(H,24,31)(H,28,29)(H,33,34)/t12-,13-,14-,15+/m1/s1. The third kappa shape index (κ3) is 8.94. The Balaban J connectivity index is 3.03. The normalized spacial score (nSPS) is 17.9. The largest absolute Gasteiger partial charge is 0.481 e. The van der Waals surface area contributed by atoms with Gasteiger partial charge in [0.05, 0.1) is 13.0 Å². The SMILES string of the molecule is CC(=O)N[C@H](CO)C(=O)N[C@H](CC(=O)O)C(=O)N[C@H](CCCCN)C(=O)N1CCC[C@H]1C(=O)O. The fraction of sp³-hybridized carbons (Fsp3) is 0.700. The number of nitrogens with one attached hydrogen (secondary N) is 3. The van der Waals surface area contributed by atoms with Crippen LogP contribution >= 0.6 is 0 Å². The van der Waals surface area contributed by atoms with Gasteiger partial charge >= 0.3 is 11.9 Å². The molecule has 4 amide bonds. The van der Waals surface area contributed by atoms with Crippen molar-refractivity contribution in [2.75, 3.05) is 19.7 Å². The van der Waals surface area contributed by atoms with Gasteiger partial charge in [-0.3, -0.25) is 24.0 Å². The number of aliphatic carboxylic acids is 2. The lowest BCUT2D eigenvalue weighted by molar-refractivity contribution is -0.149. The van der Waals surface area contributed by atoms with Crippen LogP contribution < -0.4 is 21.7 Å². The first-order valence-corrected chi connectivity index (χ1v) is 11.0. The van der Waals surface area contributed by atoms with Gasteiger partial charge in [0.2, 0.25) is 23.6 Å². The average molecular weight is 488 g/mol. The van der Waals surface area contributed by atoms with Crippen LogP contribution in [0.1, 0.15) is 45.4 Å². The third-order valence-electron chi connectivity index (χ3n) is 5.27. The molecule has 1 aliphatic heterocycles. The van der Waals surface area contributed by atoms with Crippen LogP contribution in [-0.2, 0) is 28.8 Å². The van der Waals surface area contributed by atoms with Crippen LogP contribution in [0.5, 0.6) is 0 Å². The van der Waals surface area contributed by atoms with E-state index in [1.807, 2.05) is 0 Å². The molecule has 1 saturated heterocycles. The van der Waals surface area contributed by atoms with E-state index in [2.05, 4.69) is 16.0 Å². The number of likely N-dealkylation sites (tertiary alicyclic amines) is 1. The number of hydrogen-bond acceptors (Lipinski definition) is 8. The van der Waals surface area contributed by atoms with Crippen molar-refractivity contribution < 1.29 is 44.1 Å². The second-order valence-corrected chi connectivity index (χ2v) is 7.97. The van der Waals surface area contributed by atoms with E-state index in [-0.39, 0.29) is 19.4 Å². The summed E-state index contributed by atoms with van der Waals surface area (Å²) in [5.41, 5.74) is 5.49. The van der Waals surface area contributed by atoms with Crippen molar-refractivity contribution in [3.8, 4) is 0 Å². The quantitative estimate of drug-likeness (QED) is 0.124. The minimum Gasteiger partial charge on any atom is -0.481 e. The number of amides is 4. The number of unbranched alkanes of at least 4 members (excludes halogenated alkanes) is 1. The molecule has 192 valence electrons. The number of carboxylic acid groups (broad SMARTS) is 2. The topological polar surface area (TPSA) is 228 Å². The van der Waals surface area contributed by atoms with E-state index in [1.54, 1.807) is 0 Å². The second-order valence-electron chi connectivity index (χ2n) is 7.97. The van der Waals surface area contributed by atoms with Crippen LogP contribution in [-0.4, -0.2) is 99.7 Å². The maximum absolute atomic E-state index is 13.1. The van der Waals surface area contributed by atoms with Gasteiger partial charge in [-0.05, 0) is 38.6 Å². The predicted octanol–water partition coefficient (Wildman–Crippen LogP) is -2.87. The zero-order chi connectivity index (χ0) is 25.8. The molecule has 8 N–H and O–H groups in total. The smallest absolute Gasteiger partial charge is 0.326 e. The Morgan fingerprint density at radius 3 is 2.12 bits per heavy atom. The maximum Gasteiger partial charge on any atom is 0.326 e. The molecule has 0 aromatic rings. The molecule has 0 aromatic carbocycles. The Labute approximate surface area is 196 Å². The molecule has 14 heteroatoms. The molecule has 14 nitrogen and oxygen atoms in total. The highest BCUT2D eigenvalue weighted by molar-refractivity contribution is 5.96. The molecular weight excluding hydrogens is 454 g/mol. The van der Waals surface area contributed by atoms with Crippen LogP contribution in [0.2, 0.25) is 0 Å². The van der Waals surface area contributed by atoms with Crippen molar-refractivity contribution in [1.82, 2.24) is 20.9 Å². The van der Waals surface area contributed by atoms with Gasteiger partial charge < -0.3 is 41.9 Å². The van der Waals surface area contributed by atoms with Gasteiger partial charge in [0.15, 0.2) is 0 Å². The molecule has 1 fully saturated rings. The lowest BCUT2D eigenvalue weighted by Crippen LogP contribution is -2.58. The number of aliphatic hydroxyl groups excluding tert-OH is 1. The minimum atomic E-state index is -1.62. The van der Waals surface area contributed by atoms with Gasteiger partial charge in [0, 0.05) is 13.5 Å². The second kappa shape index (κ2) is 14.1. The van der Waals surface area contributed by atoms with Gasteiger partial charge in [0.1, 0.15) is 24.2 Å². The first kappa shape index (κ1) is 28.8. The number of rotatable bonds is 14. The fourth-order valence-electron chi connectivity index (χ4n) is 3.61. The highest BCUT2D eigenvalue weighted by atomic mass is 16.4. The van der Waals surface area contributed by atoms with Gasteiger partial charge in [-0.25, -0.2) is 4.79 Å².